The summed E-state index contributed by atoms with van der Waals surface area (Å²) in [5.74, 6) is 0.596. The maximum absolute atomic E-state index is 12.0. The number of hydrogen-bond donors (Lipinski definition) is 0. The van der Waals surface area contributed by atoms with Gasteiger partial charge in [0.25, 0.3) is 5.91 Å². The Morgan fingerprint density at radius 1 is 1.38 bits per heavy atom. The number of nitrogens with zero attached hydrogens (tertiary/aromatic N) is 2. The lowest BCUT2D eigenvalue weighted by Gasteiger charge is -2.27. The third-order valence-electron chi connectivity index (χ3n) is 3.28. The molecular weight excluding hydrogens is 288 g/mol. The maximum Gasteiger partial charge on any atom is 0.286 e. The third kappa shape index (κ3) is 3.28. The van der Waals surface area contributed by atoms with E-state index in [9.17, 15) is 4.79 Å². The zero-order valence-corrected chi connectivity index (χ0v) is 12.6. The highest BCUT2D eigenvalue weighted by Gasteiger charge is 2.27. The van der Waals surface area contributed by atoms with E-state index in [4.69, 9.17) is 9.47 Å². The zero-order valence-electron chi connectivity index (χ0n) is 11.7. The Morgan fingerprint density at radius 3 is 2.95 bits per heavy atom. The van der Waals surface area contributed by atoms with Crippen LogP contribution in [0.3, 0.4) is 0 Å². The number of thioether (sulfide) groups is 1. The SMILES string of the molecule is COc1cccc(/C=C2/SC(N3CCOCC3)=NC2=O)c1. The molecule has 5 nitrogen and oxygen atoms in total. The molecule has 1 amide bonds. The minimum absolute atomic E-state index is 0.177. The van der Waals surface area contributed by atoms with Gasteiger partial charge in [0.2, 0.25) is 0 Å². The number of amidine groups is 1. The predicted molar refractivity (Wildman–Crippen MR) is 83.4 cm³/mol. The molecule has 1 aromatic rings. The molecule has 1 aromatic carbocycles. The van der Waals surface area contributed by atoms with Crippen LogP contribution in [0.5, 0.6) is 5.75 Å². The lowest BCUT2D eigenvalue weighted by Crippen LogP contribution is -2.38. The molecule has 6 heteroatoms. The van der Waals surface area contributed by atoms with E-state index in [0.29, 0.717) is 18.1 Å². The number of carbonyl (C=O) groups is 1. The van der Waals surface area contributed by atoms with Crippen LogP contribution in [-0.4, -0.2) is 49.4 Å². The van der Waals surface area contributed by atoms with Crippen molar-refractivity contribution >= 4 is 28.9 Å². The van der Waals surface area contributed by atoms with Gasteiger partial charge in [0.15, 0.2) is 5.17 Å². The van der Waals surface area contributed by atoms with Crippen LogP contribution in [0.15, 0.2) is 34.2 Å². The topological polar surface area (TPSA) is 51.1 Å². The monoisotopic (exact) mass is 304 g/mol. The summed E-state index contributed by atoms with van der Waals surface area (Å²) in [5, 5.41) is 0.775. The largest absolute Gasteiger partial charge is 0.497 e. The average Bonchev–Trinajstić information content (AvgIpc) is 2.89. The maximum atomic E-state index is 12.0. The first-order valence-corrected chi connectivity index (χ1v) is 7.57. The highest BCUT2D eigenvalue weighted by Crippen LogP contribution is 2.31. The molecule has 21 heavy (non-hydrogen) atoms. The van der Waals surface area contributed by atoms with Gasteiger partial charge in [-0.25, -0.2) is 0 Å². The Labute approximate surface area is 127 Å². The van der Waals surface area contributed by atoms with Crippen molar-refractivity contribution in [3.05, 3.63) is 34.7 Å². The molecule has 2 aliphatic heterocycles. The lowest BCUT2D eigenvalue weighted by molar-refractivity contribution is -0.113. The van der Waals surface area contributed by atoms with Crippen molar-refractivity contribution in [2.45, 2.75) is 0 Å². The summed E-state index contributed by atoms with van der Waals surface area (Å²) in [6, 6.07) is 7.62. The molecular formula is C15H16N2O3S. The number of carbonyl (C=O) groups excluding carboxylic acids is 1. The molecule has 1 fully saturated rings. The van der Waals surface area contributed by atoms with E-state index in [1.165, 1.54) is 11.8 Å². The number of amides is 1. The van der Waals surface area contributed by atoms with Gasteiger partial charge in [-0.05, 0) is 35.5 Å². The number of benzene rings is 1. The Kier molecular flexibility index (Phi) is 4.26. The third-order valence-corrected chi connectivity index (χ3v) is 4.33. The summed E-state index contributed by atoms with van der Waals surface area (Å²) in [5.41, 5.74) is 0.934. The van der Waals surface area contributed by atoms with Crippen molar-refractivity contribution in [3.63, 3.8) is 0 Å². The first-order chi connectivity index (χ1) is 10.3. The van der Waals surface area contributed by atoms with Crippen LogP contribution in [-0.2, 0) is 9.53 Å². The number of aliphatic imine (C=N–C) groups is 1. The van der Waals surface area contributed by atoms with E-state index in [2.05, 4.69) is 9.89 Å². The van der Waals surface area contributed by atoms with Gasteiger partial charge >= 0.3 is 0 Å². The Hall–Kier alpha value is -1.79. The van der Waals surface area contributed by atoms with Crippen molar-refractivity contribution in [2.75, 3.05) is 33.4 Å². The molecule has 0 unspecified atom stereocenters. The smallest absolute Gasteiger partial charge is 0.286 e. The number of ether oxygens (including phenoxy) is 2. The van der Waals surface area contributed by atoms with Gasteiger partial charge in [-0.15, -0.1) is 0 Å². The summed E-state index contributed by atoms with van der Waals surface area (Å²) >= 11 is 1.42. The Balaban J connectivity index is 1.75. The summed E-state index contributed by atoms with van der Waals surface area (Å²) in [4.78, 5) is 18.9. The molecule has 0 radical (unpaired) electrons. The molecule has 0 saturated carbocycles. The average molecular weight is 304 g/mol. The van der Waals surface area contributed by atoms with E-state index in [0.717, 1.165) is 29.6 Å². The molecule has 0 bridgehead atoms. The molecule has 3 rings (SSSR count). The normalized spacial score (nSPS) is 20.8. The molecule has 110 valence electrons. The van der Waals surface area contributed by atoms with Crippen molar-refractivity contribution in [1.82, 2.24) is 4.90 Å². The second kappa shape index (κ2) is 6.32. The van der Waals surface area contributed by atoms with Crippen LogP contribution < -0.4 is 4.74 Å². The van der Waals surface area contributed by atoms with Crippen LogP contribution in [0.4, 0.5) is 0 Å². The van der Waals surface area contributed by atoms with Gasteiger partial charge in [0, 0.05) is 13.1 Å². The second-order valence-electron chi connectivity index (χ2n) is 4.69. The Morgan fingerprint density at radius 2 is 2.19 bits per heavy atom. The highest BCUT2D eigenvalue weighted by molar-refractivity contribution is 8.18. The van der Waals surface area contributed by atoms with E-state index < -0.39 is 0 Å². The molecule has 0 aromatic heterocycles. The van der Waals surface area contributed by atoms with Gasteiger partial charge in [0.05, 0.1) is 25.2 Å². The fourth-order valence-electron chi connectivity index (χ4n) is 2.17. The second-order valence-corrected chi connectivity index (χ2v) is 5.70. The van der Waals surface area contributed by atoms with Gasteiger partial charge in [0.1, 0.15) is 5.75 Å². The Bertz CT molecular complexity index is 607. The van der Waals surface area contributed by atoms with Crippen molar-refractivity contribution < 1.29 is 14.3 Å². The molecule has 0 atom stereocenters. The van der Waals surface area contributed by atoms with Gasteiger partial charge in [-0.2, -0.15) is 4.99 Å². The van der Waals surface area contributed by atoms with E-state index in [1.54, 1.807) is 7.11 Å². The zero-order chi connectivity index (χ0) is 14.7. The number of rotatable bonds is 2. The van der Waals surface area contributed by atoms with Crippen LogP contribution in [0.1, 0.15) is 5.56 Å². The molecule has 0 aliphatic carbocycles. The van der Waals surface area contributed by atoms with Crippen molar-refractivity contribution in [3.8, 4) is 5.75 Å². The first kappa shape index (κ1) is 14.2. The minimum Gasteiger partial charge on any atom is -0.497 e. The van der Waals surface area contributed by atoms with E-state index in [-0.39, 0.29) is 5.91 Å². The minimum atomic E-state index is -0.177. The fourth-order valence-corrected chi connectivity index (χ4v) is 3.14. The number of methoxy groups -OCH3 is 1. The predicted octanol–water partition coefficient (Wildman–Crippen LogP) is 2.00. The molecule has 0 spiro atoms. The molecule has 2 heterocycles. The van der Waals surface area contributed by atoms with Crippen LogP contribution in [0.2, 0.25) is 0 Å². The van der Waals surface area contributed by atoms with E-state index in [1.807, 2.05) is 30.3 Å². The summed E-state index contributed by atoms with van der Waals surface area (Å²) in [6.07, 6.45) is 1.85. The van der Waals surface area contributed by atoms with Gasteiger partial charge in [-0.3, -0.25) is 4.79 Å². The first-order valence-electron chi connectivity index (χ1n) is 6.75. The lowest BCUT2D eigenvalue weighted by atomic mass is 10.2. The number of morpholine rings is 1. The summed E-state index contributed by atoms with van der Waals surface area (Å²) in [6.45, 7) is 2.93. The van der Waals surface area contributed by atoms with E-state index >= 15 is 0 Å². The molecule has 1 saturated heterocycles. The van der Waals surface area contributed by atoms with Crippen molar-refractivity contribution in [1.29, 1.82) is 0 Å². The van der Waals surface area contributed by atoms with Gasteiger partial charge in [-0.1, -0.05) is 12.1 Å². The van der Waals surface area contributed by atoms with Gasteiger partial charge < -0.3 is 14.4 Å². The van der Waals surface area contributed by atoms with Crippen LogP contribution in [0.25, 0.3) is 6.08 Å². The summed E-state index contributed by atoms with van der Waals surface area (Å²) in [7, 11) is 1.63. The van der Waals surface area contributed by atoms with Crippen LogP contribution >= 0.6 is 11.8 Å². The van der Waals surface area contributed by atoms with Crippen molar-refractivity contribution in [2.24, 2.45) is 4.99 Å². The molecule has 0 N–H and O–H groups in total. The standard InChI is InChI=1S/C15H16N2O3S/c1-19-12-4-2-3-11(9-12)10-13-14(18)16-15(21-13)17-5-7-20-8-6-17/h2-4,9-10H,5-8H2,1H3/b13-10+. The fraction of sp³-hybridized carbons (Fsp3) is 0.333. The number of hydrogen-bond acceptors (Lipinski definition) is 5. The summed E-state index contributed by atoms with van der Waals surface area (Å²) < 4.78 is 10.5. The van der Waals surface area contributed by atoms with Crippen LogP contribution in [0, 0.1) is 0 Å². The molecule has 2 aliphatic rings. The highest BCUT2D eigenvalue weighted by atomic mass is 32.2. The quantitative estimate of drug-likeness (QED) is 0.782.